The topological polar surface area (TPSA) is 50.4 Å². The van der Waals surface area contributed by atoms with Gasteiger partial charge in [0.05, 0.1) is 0 Å². The molecule has 1 amide bonds. The molecule has 0 unspecified atom stereocenters. The van der Waals surface area contributed by atoms with Crippen molar-refractivity contribution in [3.63, 3.8) is 0 Å². The van der Waals surface area contributed by atoms with Crippen LogP contribution in [0.2, 0.25) is 0 Å². The van der Waals surface area contributed by atoms with E-state index in [0.29, 0.717) is 11.3 Å². The molecule has 0 aliphatic carbocycles. The summed E-state index contributed by atoms with van der Waals surface area (Å²) >= 11 is 5.33. The van der Waals surface area contributed by atoms with Crippen molar-refractivity contribution in [3.8, 4) is 5.75 Å². The molecule has 0 aliphatic heterocycles. The van der Waals surface area contributed by atoms with Gasteiger partial charge in [0.25, 0.3) is 11.1 Å². The third-order valence-corrected chi connectivity index (χ3v) is 5.36. The summed E-state index contributed by atoms with van der Waals surface area (Å²) in [6.45, 7) is 4.01. The van der Waals surface area contributed by atoms with Gasteiger partial charge in [-0.15, -0.1) is 0 Å². The Balaban J connectivity index is 1.38. The molecule has 0 aromatic heterocycles. The highest BCUT2D eigenvalue weighted by Crippen LogP contribution is 2.21. The van der Waals surface area contributed by atoms with E-state index < -0.39 is 0 Å². The zero-order chi connectivity index (χ0) is 21.8. The molecule has 0 aliphatic rings. The highest BCUT2D eigenvalue weighted by molar-refractivity contribution is 7.80. The smallest absolute Gasteiger partial charge is 0.266 e. The monoisotopic (exact) mass is 426 g/mol. The lowest BCUT2D eigenvalue weighted by atomic mass is 10.1. The van der Waals surface area contributed by atoms with Gasteiger partial charge in [-0.3, -0.25) is 4.79 Å². The van der Waals surface area contributed by atoms with Gasteiger partial charge in [0.1, 0.15) is 5.75 Å². The molecule has 0 fully saturated rings. The van der Waals surface area contributed by atoms with Crippen LogP contribution < -0.4 is 15.4 Å². The second-order valence-corrected chi connectivity index (χ2v) is 7.67. The molecular weight excluding hydrogens is 404 g/mol. The maximum Gasteiger partial charge on any atom is 0.266 e. The highest BCUT2D eigenvalue weighted by atomic mass is 32.1. The highest BCUT2D eigenvalue weighted by Gasteiger charge is 2.09. The van der Waals surface area contributed by atoms with Gasteiger partial charge in [0.15, 0.2) is 0 Å². The van der Waals surface area contributed by atoms with Gasteiger partial charge in [0, 0.05) is 16.9 Å². The number of carbonyl (C=O) groups excluding carboxylic acids is 1. The Morgan fingerprint density at radius 3 is 2.32 bits per heavy atom. The average Bonchev–Trinajstić information content (AvgIpc) is 2.77. The number of carbonyl (C=O) groups is 1. The van der Waals surface area contributed by atoms with Gasteiger partial charge in [0.2, 0.25) is 0 Å². The van der Waals surface area contributed by atoms with Crippen molar-refractivity contribution in [2.24, 2.45) is 0 Å². The fourth-order valence-electron chi connectivity index (χ4n) is 3.27. The van der Waals surface area contributed by atoms with Gasteiger partial charge in [-0.25, -0.2) is 0 Å². The maximum absolute atomic E-state index is 12.6. The van der Waals surface area contributed by atoms with Gasteiger partial charge >= 0.3 is 0 Å². The average molecular weight is 427 g/mol. The Labute approximate surface area is 186 Å². The number of ether oxygens (including phenoxy) is 1. The minimum Gasteiger partial charge on any atom is -0.432 e. The van der Waals surface area contributed by atoms with Crippen LogP contribution >= 0.6 is 12.2 Å². The van der Waals surface area contributed by atoms with Gasteiger partial charge in [-0.2, -0.15) is 0 Å². The van der Waals surface area contributed by atoms with Crippen LogP contribution in [0.3, 0.4) is 0 Å². The normalized spacial score (nSPS) is 10.5. The Morgan fingerprint density at radius 1 is 0.806 bits per heavy atom. The number of anilines is 2. The van der Waals surface area contributed by atoms with E-state index in [-0.39, 0.29) is 11.1 Å². The van der Waals surface area contributed by atoms with Crippen LogP contribution in [0.1, 0.15) is 21.5 Å². The van der Waals surface area contributed by atoms with Crippen LogP contribution in [0.4, 0.5) is 11.4 Å². The zero-order valence-corrected chi connectivity index (χ0v) is 18.1. The first-order valence-corrected chi connectivity index (χ1v) is 10.4. The van der Waals surface area contributed by atoms with Crippen molar-refractivity contribution < 1.29 is 9.53 Å². The third-order valence-electron chi connectivity index (χ3n) is 5.18. The number of aryl methyl sites for hydroxylation is 1. The summed E-state index contributed by atoms with van der Waals surface area (Å²) in [4.78, 5) is 12.6. The van der Waals surface area contributed by atoms with Crippen LogP contribution in [-0.2, 0) is 0 Å². The fraction of sp³-hybridized carbons (Fsp3) is 0.0769. The van der Waals surface area contributed by atoms with E-state index in [1.54, 1.807) is 24.3 Å². The number of benzene rings is 4. The van der Waals surface area contributed by atoms with E-state index in [1.165, 1.54) is 0 Å². The van der Waals surface area contributed by atoms with Crippen molar-refractivity contribution in [2.45, 2.75) is 13.8 Å². The standard InChI is InChI=1S/C26H22N2O2S/c1-17-6-5-9-24(18(17)2)28-25(29)20-11-14-23(15-12-20)30-26(31)27-22-13-10-19-7-3-4-8-21(19)16-22/h3-16H,1-2H3,(H,27,31)(H,28,29). The summed E-state index contributed by atoms with van der Waals surface area (Å²) in [7, 11) is 0. The zero-order valence-electron chi connectivity index (χ0n) is 17.3. The predicted molar refractivity (Wildman–Crippen MR) is 131 cm³/mol. The van der Waals surface area contributed by atoms with E-state index in [1.807, 2.05) is 68.4 Å². The molecule has 0 saturated carbocycles. The molecule has 4 aromatic carbocycles. The second-order valence-electron chi connectivity index (χ2n) is 7.30. The van der Waals surface area contributed by atoms with E-state index in [2.05, 4.69) is 16.7 Å². The van der Waals surface area contributed by atoms with Crippen molar-refractivity contribution >= 4 is 45.4 Å². The fourth-order valence-corrected chi connectivity index (χ4v) is 3.49. The predicted octanol–water partition coefficient (Wildman–Crippen LogP) is 6.48. The maximum atomic E-state index is 12.6. The van der Waals surface area contributed by atoms with Gasteiger partial charge in [-0.1, -0.05) is 42.5 Å². The molecule has 4 aromatic rings. The minimum absolute atomic E-state index is 0.169. The SMILES string of the molecule is Cc1cccc(NC(=O)c2ccc(OC(=S)Nc3ccc4ccccc4c3)cc2)c1C. The largest absolute Gasteiger partial charge is 0.432 e. The molecule has 0 saturated heterocycles. The number of rotatable bonds is 4. The molecule has 0 atom stereocenters. The summed E-state index contributed by atoms with van der Waals surface area (Å²) in [5, 5.41) is 8.57. The first-order chi connectivity index (χ1) is 15.0. The van der Waals surface area contributed by atoms with E-state index >= 15 is 0 Å². The van der Waals surface area contributed by atoms with Crippen molar-refractivity contribution in [1.29, 1.82) is 0 Å². The summed E-state index contributed by atoms with van der Waals surface area (Å²) in [5.74, 6) is 0.388. The van der Waals surface area contributed by atoms with E-state index in [0.717, 1.165) is 33.3 Å². The molecule has 0 spiro atoms. The lowest BCUT2D eigenvalue weighted by molar-refractivity contribution is 0.102. The summed E-state index contributed by atoms with van der Waals surface area (Å²) < 4.78 is 5.71. The first-order valence-electron chi connectivity index (χ1n) is 9.95. The number of nitrogens with one attached hydrogen (secondary N) is 2. The van der Waals surface area contributed by atoms with Crippen LogP contribution in [-0.4, -0.2) is 11.1 Å². The second kappa shape index (κ2) is 8.98. The molecule has 31 heavy (non-hydrogen) atoms. The first kappa shape index (κ1) is 20.6. The molecular formula is C26H22N2O2S. The molecule has 0 bridgehead atoms. The summed E-state index contributed by atoms with van der Waals surface area (Å²) in [6, 6.07) is 26.9. The molecule has 2 N–H and O–H groups in total. The number of amides is 1. The number of thiocarbonyl (C=S) groups is 1. The summed E-state index contributed by atoms with van der Waals surface area (Å²) in [5.41, 5.74) is 4.40. The molecule has 0 radical (unpaired) electrons. The molecule has 154 valence electrons. The molecule has 4 nitrogen and oxygen atoms in total. The van der Waals surface area contributed by atoms with Crippen LogP contribution in [0, 0.1) is 13.8 Å². The Morgan fingerprint density at radius 2 is 1.55 bits per heavy atom. The van der Waals surface area contributed by atoms with Crippen LogP contribution in [0.25, 0.3) is 10.8 Å². The minimum atomic E-state index is -0.169. The van der Waals surface area contributed by atoms with Gasteiger partial charge < -0.3 is 15.4 Å². The van der Waals surface area contributed by atoms with Gasteiger partial charge in [-0.05, 0) is 90.4 Å². The van der Waals surface area contributed by atoms with Crippen molar-refractivity contribution in [3.05, 3.63) is 102 Å². The lowest BCUT2D eigenvalue weighted by Gasteiger charge is -2.12. The van der Waals surface area contributed by atoms with Crippen molar-refractivity contribution in [2.75, 3.05) is 10.6 Å². The van der Waals surface area contributed by atoms with E-state index in [9.17, 15) is 4.79 Å². The van der Waals surface area contributed by atoms with Crippen molar-refractivity contribution in [1.82, 2.24) is 0 Å². The Bertz CT molecular complexity index is 1270. The number of fused-ring (bicyclic) bond motifs is 1. The summed E-state index contributed by atoms with van der Waals surface area (Å²) in [6.07, 6.45) is 0. The van der Waals surface area contributed by atoms with E-state index in [4.69, 9.17) is 17.0 Å². The number of hydrogen-bond donors (Lipinski definition) is 2. The lowest BCUT2D eigenvalue weighted by Crippen LogP contribution is -2.16. The molecule has 4 rings (SSSR count). The quantitative estimate of drug-likeness (QED) is 0.367. The van der Waals surface area contributed by atoms with Crippen LogP contribution in [0.5, 0.6) is 5.75 Å². The molecule has 0 heterocycles. The number of hydrogen-bond acceptors (Lipinski definition) is 3. The Kier molecular flexibility index (Phi) is 5.96. The third kappa shape index (κ3) is 4.90. The molecule has 5 heteroatoms. The Hall–Kier alpha value is -3.70. The van der Waals surface area contributed by atoms with Crippen LogP contribution in [0.15, 0.2) is 84.9 Å².